The zero-order valence-corrected chi connectivity index (χ0v) is 12.0. The molecule has 2 aromatic rings. The number of nitrogens with zero attached hydrogens (tertiary/aromatic N) is 2. The highest BCUT2D eigenvalue weighted by Crippen LogP contribution is 2.30. The summed E-state index contributed by atoms with van der Waals surface area (Å²) in [5, 5.41) is 8.94. The van der Waals surface area contributed by atoms with E-state index >= 15 is 0 Å². The van der Waals surface area contributed by atoms with Crippen molar-refractivity contribution in [3.63, 3.8) is 0 Å². The van der Waals surface area contributed by atoms with Crippen LogP contribution in [-0.4, -0.2) is 6.54 Å². The molecule has 0 radical (unpaired) electrons. The number of para-hydroxylation sites is 1. The molecule has 2 aromatic carbocycles. The van der Waals surface area contributed by atoms with E-state index in [0.717, 1.165) is 18.5 Å². The van der Waals surface area contributed by atoms with Crippen molar-refractivity contribution in [2.45, 2.75) is 19.9 Å². The van der Waals surface area contributed by atoms with Gasteiger partial charge in [-0.05, 0) is 41.7 Å². The maximum absolute atomic E-state index is 13.4. The van der Waals surface area contributed by atoms with Crippen molar-refractivity contribution in [2.75, 3.05) is 11.4 Å². The average molecular weight is 280 g/mol. The summed E-state index contributed by atoms with van der Waals surface area (Å²) in [5.74, 6) is 0.143. The van der Waals surface area contributed by atoms with Crippen LogP contribution in [-0.2, 0) is 13.0 Å². The molecule has 3 rings (SSSR count). The van der Waals surface area contributed by atoms with Gasteiger partial charge in [0, 0.05) is 18.8 Å². The molecular weight excluding hydrogens is 263 g/mol. The van der Waals surface area contributed by atoms with Crippen molar-refractivity contribution in [2.24, 2.45) is 5.92 Å². The van der Waals surface area contributed by atoms with E-state index in [1.54, 1.807) is 12.1 Å². The van der Waals surface area contributed by atoms with Crippen molar-refractivity contribution >= 4 is 5.69 Å². The van der Waals surface area contributed by atoms with Crippen molar-refractivity contribution < 1.29 is 4.39 Å². The maximum atomic E-state index is 13.4. The highest BCUT2D eigenvalue weighted by Gasteiger charge is 2.21. The number of fused-ring (bicyclic) bond motifs is 1. The van der Waals surface area contributed by atoms with Crippen LogP contribution in [0, 0.1) is 23.1 Å². The molecule has 0 fully saturated rings. The molecule has 0 aromatic heterocycles. The third-order valence-corrected chi connectivity index (χ3v) is 3.96. The lowest BCUT2D eigenvalue weighted by Gasteiger charge is -2.35. The monoisotopic (exact) mass is 280 g/mol. The van der Waals surface area contributed by atoms with Crippen molar-refractivity contribution in [1.82, 2.24) is 0 Å². The van der Waals surface area contributed by atoms with Gasteiger partial charge in [0.25, 0.3) is 0 Å². The Morgan fingerprint density at radius 3 is 2.90 bits per heavy atom. The minimum Gasteiger partial charge on any atom is -0.367 e. The van der Waals surface area contributed by atoms with Crippen LogP contribution in [0.2, 0.25) is 0 Å². The molecule has 2 nitrogen and oxygen atoms in total. The fourth-order valence-corrected chi connectivity index (χ4v) is 3.03. The summed E-state index contributed by atoms with van der Waals surface area (Å²) in [6.45, 7) is 3.93. The second-order valence-corrected chi connectivity index (χ2v) is 5.74. The van der Waals surface area contributed by atoms with Crippen LogP contribution in [0.1, 0.15) is 23.6 Å². The Bertz CT molecular complexity index is 703. The number of hydrogen-bond donors (Lipinski definition) is 0. The Morgan fingerprint density at radius 1 is 1.29 bits per heavy atom. The fourth-order valence-electron chi connectivity index (χ4n) is 3.03. The lowest BCUT2D eigenvalue weighted by molar-refractivity contribution is 0.530. The predicted molar refractivity (Wildman–Crippen MR) is 81.5 cm³/mol. The Balaban J connectivity index is 1.90. The van der Waals surface area contributed by atoms with Crippen LogP contribution in [0.25, 0.3) is 0 Å². The molecule has 0 bridgehead atoms. The van der Waals surface area contributed by atoms with Crippen molar-refractivity contribution in [3.05, 3.63) is 65.0 Å². The third-order valence-electron chi connectivity index (χ3n) is 3.96. The lowest BCUT2D eigenvalue weighted by Crippen LogP contribution is -2.33. The van der Waals surface area contributed by atoms with Gasteiger partial charge >= 0.3 is 0 Å². The Labute approximate surface area is 124 Å². The third kappa shape index (κ3) is 2.75. The van der Waals surface area contributed by atoms with E-state index in [4.69, 9.17) is 5.26 Å². The number of benzene rings is 2. The van der Waals surface area contributed by atoms with Gasteiger partial charge in [-0.2, -0.15) is 5.26 Å². The van der Waals surface area contributed by atoms with Gasteiger partial charge < -0.3 is 4.90 Å². The lowest BCUT2D eigenvalue weighted by atomic mass is 9.93. The van der Waals surface area contributed by atoms with Gasteiger partial charge in [-0.1, -0.05) is 31.2 Å². The fraction of sp³-hybridized carbons (Fsp3) is 0.278. The molecule has 0 aliphatic carbocycles. The summed E-state index contributed by atoms with van der Waals surface area (Å²) >= 11 is 0. The van der Waals surface area contributed by atoms with E-state index in [-0.39, 0.29) is 5.56 Å². The minimum absolute atomic E-state index is 0.117. The smallest absolute Gasteiger partial charge is 0.140 e. The molecule has 1 aliphatic rings. The molecular formula is C18H17FN2. The van der Waals surface area contributed by atoms with E-state index in [0.29, 0.717) is 12.5 Å². The van der Waals surface area contributed by atoms with Crippen LogP contribution in [0.3, 0.4) is 0 Å². The molecule has 0 saturated heterocycles. The number of nitriles is 1. The van der Waals surface area contributed by atoms with Crippen LogP contribution in [0.15, 0.2) is 42.5 Å². The van der Waals surface area contributed by atoms with Gasteiger partial charge in [0.15, 0.2) is 0 Å². The van der Waals surface area contributed by atoms with E-state index < -0.39 is 5.82 Å². The van der Waals surface area contributed by atoms with E-state index in [1.807, 2.05) is 12.1 Å². The number of halogens is 1. The molecule has 0 saturated carbocycles. The van der Waals surface area contributed by atoms with Gasteiger partial charge in [0.05, 0.1) is 5.56 Å². The molecule has 106 valence electrons. The Morgan fingerprint density at radius 2 is 2.10 bits per heavy atom. The van der Waals surface area contributed by atoms with Gasteiger partial charge in [-0.3, -0.25) is 0 Å². The molecule has 3 heteroatoms. The summed E-state index contributed by atoms with van der Waals surface area (Å²) in [4.78, 5) is 2.32. The Kier molecular flexibility index (Phi) is 3.62. The molecule has 21 heavy (non-hydrogen) atoms. The predicted octanol–water partition coefficient (Wildman–Crippen LogP) is 3.90. The molecule has 1 heterocycles. The second-order valence-electron chi connectivity index (χ2n) is 5.74. The molecule has 1 atom stereocenters. The molecule has 1 aliphatic heterocycles. The van der Waals surface area contributed by atoms with Gasteiger partial charge in [0.1, 0.15) is 11.9 Å². The molecule has 1 unspecified atom stereocenters. The SMILES string of the molecule is CC1Cc2ccccc2N(Cc2ccc(F)c(C#N)c2)C1. The summed E-state index contributed by atoms with van der Waals surface area (Å²) in [7, 11) is 0. The van der Waals surface area contributed by atoms with E-state index in [1.165, 1.54) is 17.3 Å². The highest BCUT2D eigenvalue weighted by atomic mass is 19.1. The van der Waals surface area contributed by atoms with Crippen LogP contribution < -0.4 is 4.90 Å². The molecule has 0 N–H and O–H groups in total. The largest absolute Gasteiger partial charge is 0.367 e. The summed E-state index contributed by atoms with van der Waals surface area (Å²) in [6.07, 6.45) is 1.10. The van der Waals surface area contributed by atoms with Crippen LogP contribution >= 0.6 is 0 Å². The first kappa shape index (κ1) is 13.6. The van der Waals surface area contributed by atoms with Gasteiger partial charge in [0.2, 0.25) is 0 Å². The molecule has 0 amide bonds. The zero-order chi connectivity index (χ0) is 14.8. The van der Waals surface area contributed by atoms with Crippen LogP contribution in [0.5, 0.6) is 0 Å². The highest BCUT2D eigenvalue weighted by molar-refractivity contribution is 5.56. The number of rotatable bonds is 2. The average Bonchev–Trinajstić information content (AvgIpc) is 2.49. The van der Waals surface area contributed by atoms with Crippen molar-refractivity contribution in [1.29, 1.82) is 5.26 Å². The first-order chi connectivity index (χ1) is 10.2. The van der Waals surface area contributed by atoms with Crippen molar-refractivity contribution in [3.8, 4) is 6.07 Å². The second kappa shape index (κ2) is 5.57. The topological polar surface area (TPSA) is 27.0 Å². The first-order valence-corrected chi connectivity index (χ1v) is 7.18. The van der Waals surface area contributed by atoms with E-state index in [2.05, 4.69) is 30.0 Å². The summed E-state index contributed by atoms with van der Waals surface area (Å²) in [6, 6.07) is 15.1. The minimum atomic E-state index is -0.450. The summed E-state index contributed by atoms with van der Waals surface area (Å²) in [5.41, 5.74) is 3.69. The number of anilines is 1. The van der Waals surface area contributed by atoms with E-state index in [9.17, 15) is 4.39 Å². The maximum Gasteiger partial charge on any atom is 0.140 e. The Hall–Kier alpha value is -2.34. The van der Waals surface area contributed by atoms with Gasteiger partial charge in [-0.25, -0.2) is 4.39 Å². The summed E-state index contributed by atoms with van der Waals surface area (Å²) < 4.78 is 13.4. The quantitative estimate of drug-likeness (QED) is 0.834. The van der Waals surface area contributed by atoms with Gasteiger partial charge in [-0.15, -0.1) is 0 Å². The zero-order valence-electron chi connectivity index (χ0n) is 12.0. The molecule has 0 spiro atoms. The first-order valence-electron chi connectivity index (χ1n) is 7.18. The number of hydrogen-bond acceptors (Lipinski definition) is 2. The standard InChI is InChI=1S/C18H17FN2/c1-13-8-15-4-2-3-5-18(15)21(11-13)12-14-6-7-17(19)16(9-14)10-20/h2-7,9,13H,8,11-12H2,1H3. The van der Waals surface area contributed by atoms with Crippen LogP contribution in [0.4, 0.5) is 10.1 Å². The normalized spacial score (nSPS) is 17.2.